The number of carbonyl (C=O) groups is 1. The zero-order valence-electron chi connectivity index (χ0n) is 23.3. The molecule has 9 nitrogen and oxygen atoms in total. The summed E-state index contributed by atoms with van der Waals surface area (Å²) in [5.41, 5.74) is 2.02. The van der Waals surface area contributed by atoms with Crippen LogP contribution >= 0.6 is 23.1 Å². The average Bonchev–Trinajstić information content (AvgIpc) is 3.54. The third kappa shape index (κ3) is 5.05. The monoisotopic (exact) mass is 598 g/mol. The number of furan rings is 1. The highest BCUT2D eigenvalue weighted by Gasteiger charge is 2.36. The Morgan fingerprint density at radius 3 is 2.76 bits per heavy atom. The van der Waals surface area contributed by atoms with Gasteiger partial charge in [-0.3, -0.25) is 9.36 Å². The number of allylic oxidation sites excluding steroid dienone is 1. The molecule has 1 aliphatic heterocycles. The minimum atomic E-state index is -0.815. The van der Waals surface area contributed by atoms with Crippen molar-refractivity contribution in [1.82, 2.24) is 14.5 Å². The van der Waals surface area contributed by atoms with Gasteiger partial charge in [0.05, 0.1) is 29.5 Å². The topological polar surface area (TPSA) is 109 Å². The molecule has 0 aliphatic carbocycles. The largest absolute Gasteiger partial charge is 0.496 e. The number of aromatic nitrogens is 3. The summed E-state index contributed by atoms with van der Waals surface area (Å²) >= 11 is 2.53. The number of aryl methyl sites for hydroxylation is 1. The second-order valence-corrected chi connectivity index (χ2v) is 11.4. The molecule has 212 valence electrons. The molecule has 1 aliphatic rings. The van der Waals surface area contributed by atoms with Gasteiger partial charge in [-0.2, -0.15) is 0 Å². The first-order valence-corrected chi connectivity index (χ1v) is 14.8. The van der Waals surface area contributed by atoms with Gasteiger partial charge in [0.15, 0.2) is 15.1 Å². The van der Waals surface area contributed by atoms with Crippen LogP contribution in [0.15, 0.2) is 96.5 Å². The van der Waals surface area contributed by atoms with Gasteiger partial charge in [0.1, 0.15) is 17.6 Å². The van der Waals surface area contributed by atoms with E-state index in [4.69, 9.17) is 13.9 Å². The maximum absolute atomic E-state index is 14.1. The van der Waals surface area contributed by atoms with Crippen molar-refractivity contribution >= 4 is 45.9 Å². The number of carbonyl (C=O) groups excluding carboxylic acids is 1. The minimum Gasteiger partial charge on any atom is -0.496 e. The summed E-state index contributed by atoms with van der Waals surface area (Å²) in [7, 11) is 1.58. The summed E-state index contributed by atoms with van der Waals surface area (Å²) in [4.78, 5) is 41.3. The van der Waals surface area contributed by atoms with Gasteiger partial charge < -0.3 is 13.9 Å². The van der Waals surface area contributed by atoms with Crippen molar-refractivity contribution in [2.75, 3.05) is 13.7 Å². The predicted molar refractivity (Wildman–Crippen MR) is 160 cm³/mol. The number of esters is 1. The van der Waals surface area contributed by atoms with Crippen LogP contribution in [0.2, 0.25) is 0 Å². The number of methoxy groups -OCH3 is 1. The molecule has 2 aromatic carbocycles. The Morgan fingerprint density at radius 1 is 1.14 bits per heavy atom. The Hall–Kier alpha value is -4.48. The lowest BCUT2D eigenvalue weighted by molar-refractivity contribution is -0.139. The van der Waals surface area contributed by atoms with E-state index in [1.54, 1.807) is 43.9 Å². The van der Waals surface area contributed by atoms with E-state index in [0.29, 0.717) is 47.9 Å². The summed E-state index contributed by atoms with van der Waals surface area (Å²) in [6.07, 6.45) is 3.38. The number of hydrogen-bond acceptors (Lipinski definition) is 10. The Labute approximate surface area is 248 Å². The first kappa shape index (κ1) is 27.7. The van der Waals surface area contributed by atoms with Crippen LogP contribution in [0.4, 0.5) is 0 Å². The molecule has 0 unspecified atom stereocenters. The SMILES string of the molecule is CCOC(=O)C1=C(C)N=c2s/c(=C/c3ccc(Sc4nccc(C)n4)o3)c(=O)n2[C@H]1c1c(OC)ccc2ccccc12. The fourth-order valence-electron chi connectivity index (χ4n) is 4.96. The number of nitrogens with zero attached hydrogens (tertiary/aromatic N) is 4. The number of hydrogen-bond donors (Lipinski definition) is 0. The van der Waals surface area contributed by atoms with E-state index in [0.717, 1.165) is 16.5 Å². The van der Waals surface area contributed by atoms with E-state index in [1.807, 2.05) is 55.5 Å². The molecule has 0 saturated carbocycles. The lowest BCUT2D eigenvalue weighted by Crippen LogP contribution is -2.40. The minimum absolute atomic E-state index is 0.186. The number of benzene rings is 2. The van der Waals surface area contributed by atoms with E-state index in [1.165, 1.54) is 23.1 Å². The maximum Gasteiger partial charge on any atom is 0.338 e. The second kappa shape index (κ2) is 11.4. The predicted octanol–water partition coefficient (Wildman–Crippen LogP) is 4.80. The van der Waals surface area contributed by atoms with Crippen molar-refractivity contribution < 1.29 is 18.7 Å². The number of ether oxygens (including phenoxy) is 2. The van der Waals surface area contributed by atoms with Gasteiger partial charge in [-0.05, 0) is 67.6 Å². The quantitative estimate of drug-likeness (QED) is 0.194. The molecule has 1 atom stereocenters. The molecule has 5 aromatic rings. The third-order valence-electron chi connectivity index (χ3n) is 6.78. The Bertz CT molecular complexity index is 2060. The van der Waals surface area contributed by atoms with Crippen molar-refractivity contribution in [2.45, 2.75) is 37.1 Å². The molecule has 4 heterocycles. The molecule has 0 amide bonds. The average molecular weight is 599 g/mol. The zero-order chi connectivity index (χ0) is 29.4. The third-order valence-corrected chi connectivity index (χ3v) is 8.56. The molecular formula is C31H26N4O5S2. The summed E-state index contributed by atoms with van der Waals surface area (Å²) in [5.74, 6) is 0.519. The van der Waals surface area contributed by atoms with Crippen LogP contribution in [0.25, 0.3) is 16.8 Å². The first-order chi connectivity index (χ1) is 20.4. The number of rotatable bonds is 7. The lowest BCUT2D eigenvalue weighted by Gasteiger charge is -2.27. The highest BCUT2D eigenvalue weighted by Crippen LogP contribution is 2.40. The van der Waals surface area contributed by atoms with E-state index in [-0.39, 0.29) is 12.2 Å². The van der Waals surface area contributed by atoms with Crippen molar-refractivity contribution in [3.63, 3.8) is 0 Å². The molecule has 11 heteroatoms. The van der Waals surface area contributed by atoms with Crippen molar-refractivity contribution in [3.8, 4) is 5.75 Å². The molecule has 6 rings (SSSR count). The highest BCUT2D eigenvalue weighted by atomic mass is 32.2. The Morgan fingerprint density at radius 2 is 1.98 bits per heavy atom. The molecule has 3 aromatic heterocycles. The number of thiazole rings is 1. The van der Waals surface area contributed by atoms with E-state index in [2.05, 4.69) is 15.0 Å². The lowest BCUT2D eigenvalue weighted by atomic mass is 9.90. The Balaban J connectivity index is 1.52. The number of fused-ring (bicyclic) bond motifs is 2. The molecule has 0 bridgehead atoms. The van der Waals surface area contributed by atoms with Crippen LogP contribution < -0.4 is 19.6 Å². The molecule has 42 heavy (non-hydrogen) atoms. The van der Waals surface area contributed by atoms with Crippen LogP contribution in [-0.2, 0) is 9.53 Å². The first-order valence-electron chi connectivity index (χ1n) is 13.2. The normalized spacial score (nSPS) is 15.0. The fourth-order valence-corrected chi connectivity index (χ4v) is 6.75. The summed E-state index contributed by atoms with van der Waals surface area (Å²) in [6.45, 7) is 5.59. The maximum atomic E-state index is 14.1. The summed E-state index contributed by atoms with van der Waals surface area (Å²) in [6, 6.07) is 16.2. The van der Waals surface area contributed by atoms with E-state index < -0.39 is 12.0 Å². The van der Waals surface area contributed by atoms with Crippen molar-refractivity contribution in [1.29, 1.82) is 0 Å². The molecule has 0 saturated heterocycles. The molecule has 0 spiro atoms. The standard InChI is InChI=1S/C31H26N4O5S2/c1-5-39-29(37)25-18(3)34-31-35(27(25)26-21-9-7-6-8-19(21)10-12-22(26)38-4)28(36)23(41-31)16-20-11-13-24(40-20)42-30-32-15-14-17(2)33-30/h6-16,27H,5H2,1-4H3/b23-16+/t27-/m1/s1. The second-order valence-electron chi connectivity index (χ2n) is 9.44. The smallest absolute Gasteiger partial charge is 0.338 e. The molecular weight excluding hydrogens is 572 g/mol. The molecule has 0 N–H and O–H groups in total. The van der Waals surface area contributed by atoms with Crippen LogP contribution in [0.1, 0.15) is 36.9 Å². The van der Waals surface area contributed by atoms with Gasteiger partial charge in [0.2, 0.25) is 0 Å². The van der Waals surface area contributed by atoms with Crippen molar-refractivity contribution in [2.24, 2.45) is 4.99 Å². The van der Waals surface area contributed by atoms with Gasteiger partial charge in [0, 0.05) is 23.5 Å². The Kier molecular flexibility index (Phi) is 7.53. The van der Waals surface area contributed by atoms with E-state index >= 15 is 0 Å². The highest BCUT2D eigenvalue weighted by molar-refractivity contribution is 7.99. The van der Waals surface area contributed by atoms with Crippen LogP contribution in [0.5, 0.6) is 5.75 Å². The van der Waals surface area contributed by atoms with Crippen LogP contribution in [0.3, 0.4) is 0 Å². The van der Waals surface area contributed by atoms with Gasteiger partial charge in [0.25, 0.3) is 5.56 Å². The van der Waals surface area contributed by atoms with Gasteiger partial charge in [-0.1, -0.05) is 41.7 Å². The van der Waals surface area contributed by atoms with Gasteiger partial charge in [-0.15, -0.1) is 0 Å². The fraction of sp³-hybridized carbons (Fsp3) is 0.194. The summed E-state index contributed by atoms with van der Waals surface area (Å²) in [5, 5.41) is 2.98. The molecule has 0 radical (unpaired) electrons. The van der Waals surface area contributed by atoms with Gasteiger partial charge in [-0.25, -0.2) is 19.8 Å². The van der Waals surface area contributed by atoms with Crippen molar-refractivity contribution in [3.05, 3.63) is 109 Å². The summed E-state index contributed by atoms with van der Waals surface area (Å²) < 4.78 is 19.2. The van der Waals surface area contributed by atoms with Gasteiger partial charge >= 0.3 is 5.97 Å². The van der Waals surface area contributed by atoms with Crippen LogP contribution in [0, 0.1) is 6.92 Å². The molecule has 0 fully saturated rings. The zero-order valence-corrected chi connectivity index (χ0v) is 24.9. The van der Waals surface area contributed by atoms with Crippen LogP contribution in [-0.4, -0.2) is 34.2 Å². The van der Waals surface area contributed by atoms with E-state index in [9.17, 15) is 9.59 Å².